The van der Waals surface area contributed by atoms with Crippen molar-refractivity contribution < 1.29 is 19.8 Å². The van der Waals surface area contributed by atoms with Crippen LogP contribution >= 0.6 is 23.5 Å². The van der Waals surface area contributed by atoms with Crippen LogP contribution in [0.2, 0.25) is 0 Å². The number of hydrogen-bond donors (Lipinski definition) is 2. The number of phenols is 2. The second-order valence-electron chi connectivity index (χ2n) is 5.51. The minimum absolute atomic E-state index is 0.0889. The number of rotatable bonds is 2. The van der Waals surface area contributed by atoms with Crippen molar-refractivity contribution in [3.05, 3.63) is 20.9 Å². The standard InChI is InChI=1S/C16H18N2O4S2/c1-5-17-14(21)9(15(22)18(17)6-2)16-23-12-10(19)7(3)8(4)11(20)13(12)24-16/h19-20H,5-6H2,1-4H3. The molecule has 3 rings (SSSR count). The van der Waals surface area contributed by atoms with Crippen LogP contribution in [0.4, 0.5) is 0 Å². The molecule has 1 aromatic carbocycles. The van der Waals surface area contributed by atoms with Crippen LogP contribution in [-0.4, -0.2) is 45.1 Å². The minimum atomic E-state index is -0.334. The Bertz CT molecular complexity index is 741. The van der Waals surface area contributed by atoms with Crippen LogP contribution in [-0.2, 0) is 9.59 Å². The van der Waals surface area contributed by atoms with Crippen molar-refractivity contribution in [1.82, 2.24) is 10.0 Å². The lowest BCUT2D eigenvalue weighted by atomic mass is 10.1. The number of carbonyl (C=O) groups excluding carboxylic acids is 2. The molecule has 8 heteroatoms. The summed E-state index contributed by atoms with van der Waals surface area (Å²) >= 11 is 2.33. The molecule has 2 aliphatic rings. The van der Waals surface area contributed by atoms with Crippen LogP contribution in [0.15, 0.2) is 19.6 Å². The van der Waals surface area contributed by atoms with Crippen molar-refractivity contribution >= 4 is 35.3 Å². The average molecular weight is 366 g/mol. The largest absolute Gasteiger partial charge is 0.506 e. The molecule has 0 spiro atoms. The van der Waals surface area contributed by atoms with E-state index in [0.29, 0.717) is 38.2 Å². The molecule has 0 radical (unpaired) electrons. The van der Waals surface area contributed by atoms with Gasteiger partial charge in [-0.25, -0.2) is 10.0 Å². The van der Waals surface area contributed by atoms with Crippen LogP contribution in [0.1, 0.15) is 25.0 Å². The van der Waals surface area contributed by atoms with Crippen molar-refractivity contribution in [3.63, 3.8) is 0 Å². The first-order chi connectivity index (χ1) is 11.3. The van der Waals surface area contributed by atoms with E-state index in [0.717, 1.165) is 0 Å². The predicted octanol–water partition coefficient (Wildman–Crippen LogP) is 2.75. The number of aromatic hydroxyl groups is 2. The number of fused-ring (bicyclic) bond motifs is 1. The molecule has 6 nitrogen and oxygen atoms in total. The fourth-order valence-electron chi connectivity index (χ4n) is 2.78. The zero-order chi connectivity index (χ0) is 17.8. The Balaban J connectivity index is 2.12. The number of likely N-dealkylation sites (N-methyl/N-ethyl adjacent to an activating group) is 2. The van der Waals surface area contributed by atoms with Gasteiger partial charge in [-0.1, -0.05) is 23.5 Å². The topological polar surface area (TPSA) is 81.1 Å². The third-order valence-corrected chi connectivity index (χ3v) is 6.90. The average Bonchev–Trinajstić information content (AvgIpc) is 3.09. The molecule has 0 aromatic heterocycles. The van der Waals surface area contributed by atoms with E-state index in [4.69, 9.17) is 0 Å². The highest BCUT2D eigenvalue weighted by molar-refractivity contribution is 8.25. The summed E-state index contributed by atoms with van der Waals surface area (Å²) in [7, 11) is 0. The van der Waals surface area contributed by atoms with Gasteiger partial charge >= 0.3 is 0 Å². The van der Waals surface area contributed by atoms with E-state index in [1.165, 1.54) is 33.5 Å². The molecule has 0 saturated carbocycles. The lowest BCUT2D eigenvalue weighted by molar-refractivity contribution is -0.145. The second-order valence-corrected chi connectivity index (χ2v) is 7.81. The van der Waals surface area contributed by atoms with Crippen LogP contribution in [0.25, 0.3) is 0 Å². The second kappa shape index (κ2) is 5.93. The molecule has 1 saturated heterocycles. The fraction of sp³-hybridized carbons (Fsp3) is 0.375. The molecule has 1 fully saturated rings. The van der Waals surface area contributed by atoms with Crippen LogP contribution < -0.4 is 0 Å². The Morgan fingerprint density at radius 3 is 1.54 bits per heavy atom. The number of phenolic OH excluding ortho intramolecular Hbond substituents is 2. The third kappa shape index (κ3) is 2.20. The van der Waals surface area contributed by atoms with Gasteiger partial charge in [-0.05, 0) is 38.8 Å². The van der Waals surface area contributed by atoms with Crippen molar-refractivity contribution in [3.8, 4) is 11.5 Å². The van der Waals surface area contributed by atoms with Gasteiger partial charge in [-0.15, -0.1) is 0 Å². The molecule has 2 amide bonds. The SMILES string of the molecule is CCN1C(=O)C(=C2Sc3c(O)c(C)c(C)c(O)c3S2)C(=O)N1CC. The Labute approximate surface area is 148 Å². The summed E-state index contributed by atoms with van der Waals surface area (Å²) in [5, 5.41) is 23.6. The van der Waals surface area contributed by atoms with E-state index < -0.39 is 0 Å². The monoisotopic (exact) mass is 366 g/mol. The highest BCUT2D eigenvalue weighted by atomic mass is 32.2. The number of hydrogen-bond acceptors (Lipinski definition) is 6. The quantitative estimate of drug-likeness (QED) is 0.476. The number of hydrazine groups is 1. The first-order valence-electron chi connectivity index (χ1n) is 7.62. The molecule has 0 unspecified atom stereocenters. The maximum atomic E-state index is 12.6. The Kier molecular flexibility index (Phi) is 4.21. The number of nitrogens with zero attached hydrogens (tertiary/aromatic N) is 2. The van der Waals surface area contributed by atoms with Crippen LogP contribution in [0.5, 0.6) is 11.5 Å². The molecule has 1 aromatic rings. The van der Waals surface area contributed by atoms with Gasteiger partial charge in [-0.2, -0.15) is 0 Å². The van der Waals surface area contributed by atoms with Crippen molar-refractivity contribution in [1.29, 1.82) is 0 Å². The summed E-state index contributed by atoms with van der Waals surface area (Å²) < 4.78 is 0.505. The number of benzene rings is 1. The van der Waals surface area contributed by atoms with E-state index in [1.54, 1.807) is 13.8 Å². The first-order valence-corrected chi connectivity index (χ1v) is 9.25. The summed E-state index contributed by atoms with van der Waals surface area (Å²) in [5.74, 6) is -0.490. The van der Waals surface area contributed by atoms with E-state index in [-0.39, 0.29) is 28.9 Å². The summed E-state index contributed by atoms with van der Waals surface area (Å²) in [6.07, 6.45) is 0. The van der Waals surface area contributed by atoms with Gasteiger partial charge in [0.1, 0.15) is 17.1 Å². The maximum absolute atomic E-state index is 12.6. The molecule has 2 aliphatic heterocycles. The van der Waals surface area contributed by atoms with Gasteiger partial charge in [0.25, 0.3) is 11.8 Å². The maximum Gasteiger partial charge on any atom is 0.279 e. The van der Waals surface area contributed by atoms with Gasteiger partial charge in [0.2, 0.25) is 0 Å². The van der Waals surface area contributed by atoms with Crippen LogP contribution in [0.3, 0.4) is 0 Å². The minimum Gasteiger partial charge on any atom is -0.506 e. The van der Waals surface area contributed by atoms with E-state index in [1.807, 2.05) is 13.8 Å². The Morgan fingerprint density at radius 1 is 0.833 bits per heavy atom. The van der Waals surface area contributed by atoms with Gasteiger partial charge in [-0.3, -0.25) is 9.59 Å². The molecule has 128 valence electrons. The molecule has 24 heavy (non-hydrogen) atoms. The van der Waals surface area contributed by atoms with Gasteiger partial charge in [0.05, 0.1) is 14.0 Å². The van der Waals surface area contributed by atoms with Gasteiger partial charge < -0.3 is 10.2 Å². The van der Waals surface area contributed by atoms with Crippen molar-refractivity contribution in [2.75, 3.05) is 13.1 Å². The zero-order valence-electron chi connectivity index (χ0n) is 13.8. The Hall–Kier alpha value is -1.80. The highest BCUT2D eigenvalue weighted by Gasteiger charge is 2.43. The number of thioether (sulfide) groups is 2. The first kappa shape index (κ1) is 17.0. The van der Waals surface area contributed by atoms with E-state index in [2.05, 4.69) is 0 Å². The number of carbonyl (C=O) groups is 2. The lowest BCUT2D eigenvalue weighted by Gasteiger charge is -2.24. The molecule has 2 heterocycles. The molecule has 0 atom stereocenters. The Morgan fingerprint density at radius 2 is 1.21 bits per heavy atom. The summed E-state index contributed by atoms with van der Waals surface area (Å²) in [5.41, 5.74) is 1.30. The summed E-state index contributed by atoms with van der Waals surface area (Å²) in [6, 6.07) is 0. The molecule has 0 aliphatic carbocycles. The number of amides is 2. The predicted molar refractivity (Wildman–Crippen MR) is 92.8 cm³/mol. The molecule has 0 bridgehead atoms. The highest BCUT2D eigenvalue weighted by Crippen LogP contribution is 2.60. The smallest absolute Gasteiger partial charge is 0.279 e. The van der Waals surface area contributed by atoms with Crippen molar-refractivity contribution in [2.24, 2.45) is 0 Å². The summed E-state index contributed by atoms with van der Waals surface area (Å²) in [4.78, 5) is 26.2. The molecular weight excluding hydrogens is 348 g/mol. The van der Waals surface area contributed by atoms with E-state index in [9.17, 15) is 19.8 Å². The lowest BCUT2D eigenvalue weighted by Crippen LogP contribution is -2.40. The molecule has 2 N–H and O–H groups in total. The van der Waals surface area contributed by atoms with Crippen molar-refractivity contribution in [2.45, 2.75) is 37.5 Å². The van der Waals surface area contributed by atoms with E-state index >= 15 is 0 Å². The summed E-state index contributed by atoms with van der Waals surface area (Å²) in [6.45, 7) is 7.90. The normalized spacial score (nSPS) is 17.3. The van der Waals surface area contributed by atoms with Gasteiger partial charge in [0.15, 0.2) is 0 Å². The van der Waals surface area contributed by atoms with Gasteiger partial charge in [0, 0.05) is 13.1 Å². The fourth-order valence-corrected chi connectivity index (χ4v) is 5.50. The third-order valence-electron chi connectivity index (χ3n) is 4.29. The zero-order valence-corrected chi connectivity index (χ0v) is 15.5. The van der Waals surface area contributed by atoms with Crippen LogP contribution in [0, 0.1) is 13.8 Å². The molecular formula is C16H18N2O4S2.